The zero-order chi connectivity index (χ0) is 14.5. The number of hydrogen-bond donors (Lipinski definition) is 1. The van der Waals surface area contributed by atoms with Crippen molar-refractivity contribution in [3.05, 3.63) is 0 Å². The molecule has 0 aromatic heterocycles. The van der Waals surface area contributed by atoms with Gasteiger partial charge in [0.1, 0.15) is 0 Å². The van der Waals surface area contributed by atoms with E-state index >= 15 is 0 Å². The first-order valence-corrected chi connectivity index (χ1v) is 9.07. The number of piperidine rings is 2. The molecular weight excluding hydrogens is 262 g/mol. The van der Waals surface area contributed by atoms with Gasteiger partial charge in [-0.15, -0.1) is 0 Å². The minimum Gasteiger partial charge on any atom is -0.352 e. The first kappa shape index (κ1) is 15.3. The standard InChI is InChI=1S/C17H31N3O/c21-17(18-15-7-2-3-8-15)14-19-10-6-9-16(13-19)20-11-4-1-5-12-20/h15-16H,1-14H2,(H,18,21)/t16-/m1/s1. The Kier molecular flexibility index (Phi) is 5.53. The van der Waals surface area contributed by atoms with Crippen LogP contribution in [-0.2, 0) is 4.79 Å². The van der Waals surface area contributed by atoms with E-state index in [4.69, 9.17) is 0 Å². The molecule has 0 spiro atoms. The van der Waals surface area contributed by atoms with E-state index in [1.165, 1.54) is 70.9 Å². The molecule has 2 heterocycles. The second-order valence-corrected chi connectivity index (χ2v) is 7.18. The summed E-state index contributed by atoms with van der Waals surface area (Å²) in [6.45, 7) is 5.35. The second kappa shape index (κ2) is 7.59. The highest BCUT2D eigenvalue weighted by Gasteiger charge is 2.27. The van der Waals surface area contributed by atoms with Crippen LogP contribution in [-0.4, -0.2) is 60.5 Å². The van der Waals surface area contributed by atoms with E-state index in [0.29, 0.717) is 18.6 Å². The molecule has 21 heavy (non-hydrogen) atoms. The number of rotatable bonds is 4. The van der Waals surface area contributed by atoms with Crippen molar-refractivity contribution in [2.24, 2.45) is 0 Å². The van der Waals surface area contributed by atoms with Gasteiger partial charge in [-0.05, 0) is 58.2 Å². The van der Waals surface area contributed by atoms with Crippen LogP contribution in [0.5, 0.6) is 0 Å². The van der Waals surface area contributed by atoms with Gasteiger partial charge in [0.15, 0.2) is 0 Å². The molecule has 4 nitrogen and oxygen atoms in total. The summed E-state index contributed by atoms with van der Waals surface area (Å²) in [5, 5.41) is 3.23. The van der Waals surface area contributed by atoms with Crippen LogP contribution in [0.1, 0.15) is 57.8 Å². The molecule has 4 heteroatoms. The first-order chi connectivity index (χ1) is 10.3. The van der Waals surface area contributed by atoms with E-state index in [9.17, 15) is 4.79 Å². The van der Waals surface area contributed by atoms with E-state index in [1.807, 2.05) is 0 Å². The third-order valence-electron chi connectivity index (χ3n) is 5.48. The molecule has 1 atom stereocenters. The molecule has 0 unspecified atom stereocenters. The molecule has 0 radical (unpaired) electrons. The molecule has 120 valence electrons. The lowest BCUT2D eigenvalue weighted by Gasteiger charge is -2.40. The van der Waals surface area contributed by atoms with E-state index in [0.717, 1.165) is 13.1 Å². The van der Waals surface area contributed by atoms with Crippen LogP contribution in [0.4, 0.5) is 0 Å². The molecule has 1 N–H and O–H groups in total. The average Bonchev–Trinajstić information content (AvgIpc) is 3.01. The van der Waals surface area contributed by atoms with Crippen LogP contribution in [0.2, 0.25) is 0 Å². The van der Waals surface area contributed by atoms with Crippen molar-refractivity contribution in [2.45, 2.75) is 69.9 Å². The maximum Gasteiger partial charge on any atom is 0.234 e. The number of nitrogens with zero attached hydrogens (tertiary/aromatic N) is 2. The predicted octanol–water partition coefficient (Wildman–Crippen LogP) is 2.00. The number of likely N-dealkylation sites (tertiary alicyclic amines) is 2. The van der Waals surface area contributed by atoms with Gasteiger partial charge in [-0.1, -0.05) is 19.3 Å². The fraction of sp³-hybridized carbons (Fsp3) is 0.941. The number of carbonyl (C=O) groups is 1. The molecule has 1 saturated carbocycles. The van der Waals surface area contributed by atoms with Crippen LogP contribution in [0.15, 0.2) is 0 Å². The zero-order valence-electron chi connectivity index (χ0n) is 13.4. The molecule has 3 fully saturated rings. The van der Waals surface area contributed by atoms with Gasteiger partial charge in [-0.3, -0.25) is 14.6 Å². The molecule has 3 aliphatic rings. The van der Waals surface area contributed by atoms with Gasteiger partial charge in [-0.25, -0.2) is 0 Å². The lowest BCUT2D eigenvalue weighted by atomic mass is 10.0. The lowest BCUT2D eigenvalue weighted by Crippen LogP contribution is -2.52. The summed E-state index contributed by atoms with van der Waals surface area (Å²) in [4.78, 5) is 17.2. The molecule has 0 aromatic rings. The molecule has 0 bridgehead atoms. The first-order valence-electron chi connectivity index (χ1n) is 9.07. The van der Waals surface area contributed by atoms with Crippen LogP contribution in [0.25, 0.3) is 0 Å². The molecule has 0 aromatic carbocycles. The fourth-order valence-electron chi connectivity index (χ4n) is 4.30. The zero-order valence-corrected chi connectivity index (χ0v) is 13.4. The van der Waals surface area contributed by atoms with Crippen molar-refractivity contribution < 1.29 is 4.79 Å². The smallest absolute Gasteiger partial charge is 0.234 e. The summed E-state index contributed by atoms with van der Waals surface area (Å²) < 4.78 is 0. The average molecular weight is 293 g/mol. The molecular formula is C17H31N3O. The van der Waals surface area contributed by atoms with Gasteiger partial charge in [0.05, 0.1) is 6.54 Å². The summed E-state index contributed by atoms with van der Waals surface area (Å²) in [6, 6.07) is 1.15. The van der Waals surface area contributed by atoms with Crippen molar-refractivity contribution in [2.75, 3.05) is 32.7 Å². The van der Waals surface area contributed by atoms with Crippen molar-refractivity contribution in [1.29, 1.82) is 0 Å². The molecule has 1 aliphatic carbocycles. The Balaban J connectivity index is 1.43. The Morgan fingerprint density at radius 1 is 0.905 bits per heavy atom. The van der Waals surface area contributed by atoms with Gasteiger partial charge in [0.25, 0.3) is 0 Å². The lowest BCUT2D eigenvalue weighted by molar-refractivity contribution is -0.123. The Hall–Kier alpha value is -0.610. The van der Waals surface area contributed by atoms with Gasteiger partial charge >= 0.3 is 0 Å². The van der Waals surface area contributed by atoms with Crippen LogP contribution in [0, 0.1) is 0 Å². The Morgan fingerprint density at radius 2 is 1.67 bits per heavy atom. The summed E-state index contributed by atoms with van der Waals surface area (Å²) in [5.41, 5.74) is 0. The van der Waals surface area contributed by atoms with E-state index < -0.39 is 0 Å². The number of nitrogens with one attached hydrogen (secondary N) is 1. The minimum atomic E-state index is 0.251. The van der Waals surface area contributed by atoms with Gasteiger partial charge in [0, 0.05) is 18.6 Å². The SMILES string of the molecule is O=C(CN1CCC[C@@H](N2CCCCC2)C1)NC1CCCC1. The summed E-state index contributed by atoms with van der Waals surface area (Å²) in [6.07, 6.45) is 11.6. The number of amides is 1. The Labute approximate surface area is 129 Å². The molecule has 2 aliphatic heterocycles. The minimum absolute atomic E-state index is 0.251. The monoisotopic (exact) mass is 293 g/mol. The highest BCUT2D eigenvalue weighted by atomic mass is 16.2. The van der Waals surface area contributed by atoms with Crippen molar-refractivity contribution in [3.63, 3.8) is 0 Å². The van der Waals surface area contributed by atoms with E-state index in [-0.39, 0.29) is 5.91 Å². The van der Waals surface area contributed by atoms with Crippen molar-refractivity contribution in [1.82, 2.24) is 15.1 Å². The van der Waals surface area contributed by atoms with Gasteiger partial charge < -0.3 is 5.32 Å². The summed E-state index contributed by atoms with van der Waals surface area (Å²) in [7, 11) is 0. The van der Waals surface area contributed by atoms with E-state index in [2.05, 4.69) is 15.1 Å². The maximum absolute atomic E-state index is 12.2. The Morgan fingerprint density at radius 3 is 2.43 bits per heavy atom. The highest BCUT2D eigenvalue weighted by Crippen LogP contribution is 2.20. The van der Waals surface area contributed by atoms with Crippen LogP contribution < -0.4 is 5.32 Å². The highest BCUT2D eigenvalue weighted by molar-refractivity contribution is 5.78. The van der Waals surface area contributed by atoms with Crippen LogP contribution >= 0.6 is 0 Å². The van der Waals surface area contributed by atoms with E-state index in [1.54, 1.807) is 0 Å². The van der Waals surface area contributed by atoms with Gasteiger partial charge in [0.2, 0.25) is 5.91 Å². The fourth-order valence-corrected chi connectivity index (χ4v) is 4.30. The second-order valence-electron chi connectivity index (χ2n) is 7.18. The summed E-state index contributed by atoms with van der Waals surface area (Å²) in [5.74, 6) is 0.251. The number of carbonyl (C=O) groups excluding carboxylic acids is 1. The third-order valence-corrected chi connectivity index (χ3v) is 5.48. The molecule has 2 saturated heterocycles. The third kappa shape index (κ3) is 4.43. The molecule has 3 rings (SSSR count). The quantitative estimate of drug-likeness (QED) is 0.861. The molecule has 1 amide bonds. The maximum atomic E-state index is 12.2. The Bertz CT molecular complexity index is 335. The largest absolute Gasteiger partial charge is 0.352 e. The van der Waals surface area contributed by atoms with Gasteiger partial charge in [-0.2, -0.15) is 0 Å². The topological polar surface area (TPSA) is 35.6 Å². The van der Waals surface area contributed by atoms with Crippen molar-refractivity contribution >= 4 is 5.91 Å². The summed E-state index contributed by atoms with van der Waals surface area (Å²) >= 11 is 0. The van der Waals surface area contributed by atoms with Crippen LogP contribution in [0.3, 0.4) is 0 Å². The van der Waals surface area contributed by atoms with Crippen molar-refractivity contribution in [3.8, 4) is 0 Å². The normalized spacial score (nSPS) is 29.6. The number of hydrogen-bond acceptors (Lipinski definition) is 3. The predicted molar refractivity (Wildman–Crippen MR) is 85.3 cm³/mol.